The zero-order valence-electron chi connectivity index (χ0n) is 11.5. The number of alkyl halides is 3. The number of rotatable bonds is 4. The van der Waals surface area contributed by atoms with Gasteiger partial charge in [0.25, 0.3) is 0 Å². The Balaban J connectivity index is 2.20. The molecule has 10 heteroatoms. The summed E-state index contributed by atoms with van der Waals surface area (Å²) in [7, 11) is -3.36. The number of hydrogen-bond donors (Lipinski definition) is 1. The standard InChI is InChI=1S/C12H12F3N3O3S/c1-7(18-22(2,19)20)8-3-5-9(6-4-8)10-16-11(21-17-10)12(13,14)15/h3-7,18H,1-2H3. The molecule has 22 heavy (non-hydrogen) atoms. The normalized spacial score (nSPS) is 14.0. The maximum absolute atomic E-state index is 12.4. The summed E-state index contributed by atoms with van der Waals surface area (Å²) in [5.41, 5.74) is 0.975. The van der Waals surface area contributed by atoms with Crippen LogP contribution in [-0.2, 0) is 16.2 Å². The summed E-state index contributed by atoms with van der Waals surface area (Å²) in [5.74, 6) is -1.61. The van der Waals surface area contributed by atoms with Crippen molar-refractivity contribution in [3.05, 3.63) is 35.7 Å². The summed E-state index contributed by atoms with van der Waals surface area (Å²) in [6.45, 7) is 1.65. The van der Waals surface area contributed by atoms with Gasteiger partial charge in [-0.1, -0.05) is 29.4 Å². The van der Waals surface area contributed by atoms with Gasteiger partial charge in [-0.15, -0.1) is 0 Å². The zero-order chi connectivity index (χ0) is 16.5. The SMILES string of the molecule is CC(NS(C)(=O)=O)c1ccc(-c2noc(C(F)(F)F)n2)cc1. The van der Waals surface area contributed by atoms with Gasteiger partial charge in [0.2, 0.25) is 15.8 Å². The van der Waals surface area contributed by atoms with Gasteiger partial charge >= 0.3 is 12.1 Å². The molecule has 120 valence electrons. The highest BCUT2D eigenvalue weighted by Crippen LogP contribution is 2.29. The average molecular weight is 335 g/mol. The molecule has 1 atom stereocenters. The molecule has 2 aromatic rings. The molecule has 0 radical (unpaired) electrons. The van der Waals surface area contributed by atoms with Crippen LogP contribution in [0.25, 0.3) is 11.4 Å². The second-order valence-electron chi connectivity index (χ2n) is 4.65. The van der Waals surface area contributed by atoms with Gasteiger partial charge in [0, 0.05) is 11.6 Å². The van der Waals surface area contributed by atoms with Crippen molar-refractivity contribution in [2.45, 2.75) is 19.1 Å². The van der Waals surface area contributed by atoms with E-state index in [1.54, 1.807) is 19.1 Å². The smallest absolute Gasteiger partial charge is 0.329 e. The average Bonchev–Trinajstić information content (AvgIpc) is 2.86. The summed E-state index contributed by atoms with van der Waals surface area (Å²) in [5, 5.41) is 3.27. The van der Waals surface area contributed by atoms with E-state index in [0.717, 1.165) is 6.26 Å². The third-order valence-corrected chi connectivity index (χ3v) is 3.51. The Labute approximate surface area is 124 Å². The fourth-order valence-electron chi connectivity index (χ4n) is 1.77. The lowest BCUT2D eigenvalue weighted by atomic mass is 10.1. The highest BCUT2D eigenvalue weighted by atomic mass is 32.2. The van der Waals surface area contributed by atoms with E-state index in [9.17, 15) is 21.6 Å². The number of aromatic nitrogens is 2. The predicted octanol–water partition coefficient (Wildman–Crippen LogP) is 2.37. The maximum Gasteiger partial charge on any atom is 0.471 e. The molecular formula is C12H12F3N3O3S. The van der Waals surface area contributed by atoms with Crippen LogP contribution in [0.4, 0.5) is 13.2 Å². The van der Waals surface area contributed by atoms with Gasteiger partial charge in [0.1, 0.15) is 0 Å². The first-order chi connectivity index (χ1) is 10.1. The van der Waals surface area contributed by atoms with E-state index in [2.05, 4.69) is 19.4 Å². The second kappa shape index (κ2) is 5.69. The van der Waals surface area contributed by atoms with Crippen molar-refractivity contribution in [2.24, 2.45) is 0 Å². The van der Waals surface area contributed by atoms with E-state index in [1.807, 2.05) is 0 Å². The monoisotopic (exact) mass is 335 g/mol. The minimum absolute atomic E-state index is 0.192. The number of halogens is 3. The Hall–Kier alpha value is -1.94. The van der Waals surface area contributed by atoms with Gasteiger partial charge in [0.15, 0.2) is 0 Å². The maximum atomic E-state index is 12.4. The second-order valence-corrected chi connectivity index (χ2v) is 6.43. The fraction of sp³-hybridized carbons (Fsp3) is 0.333. The first-order valence-corrected chi connectivity index (χ1v) is 7.94. The summed E-state index contributed by atoms with van der Waals surface area (Å²) >= 11 is 0. The number of benzene rings is 1. The first kappa shape index (κ1) is 16.4. The van der Waals surface area contributed by atoms with Crippen LogP contribution in [0.1, 0.15) is 24.4 Å². The van der Waals surface area contributed by atoms with Crippen molar-refractivity contribution in [3.63, 3.8) is 0 Å². The molecule has 0 aliphatic rings. The van der Waals surface area contributed by atoms with E-state index < -0.39 is 28.1 Å². The summed E-state index contributed by atoms with van der Waals surface area (Å²) in [4.78, 5) is 3.27. The van der Waals surface area contributed by atoms with Crippen LogP contribution < -0.4 is 4.72 Å². The summed E-state index contributed by atoms with van der Waals surface area (Å²) in [6, 6.07) is 5.64. The fourth-order valence-corrected chi connectivity index (χ4v) is 2.54. The Kier molecular flexibility index (Phi) is 4.25. The zero-order valence-corrected chi connectivity index (χ0v) is 12.4. The molecule has 0 fully saturated rings. The number of nitrogens with one attached hydrogen (secondary N) is 1. The van der Waals surface area contributed by atoms with Crippen LogP contribution in [0.5, 0.6) is 0 Å². The molecule has 0 saturated heterocycles. The highest BCUT2D eigenvalue weighted by Gasteiger charge is 2.38. The lowest BCUT2D eigenvalue weighted by Gasteiger charge is -2.12. The van der Waals surface area contributed by atoms with Crippen LogP contribution in [0.2, 0.25) is 0 Å². The summed E-state index contributed by atoms with van der Waals surface area (Å²) < 4.78 is 66.0. The van der Waals surface area contributed by atoms with E-state index in [1.165, 1.54) is 12.1 Å². The molecule has 0 saturated carbocycles. The van der Waals surface area contributed by atoms with Crippen molar-refractivity contribution < 1.29 is 26.1 Å². The van der Waals surface area contributed by atoms with Crippen molar-refractivity contribution in [1.29, 1.82) is 0 Å². The summed E-state index contributed by atoms with van der Waals surface area (Å²) in [6.07, 6.45) is -3.66. The molecule has 6 nitrogen and oxygen atoms in total. The third kappa shape index (κ3) is 4.04. The molecule has 1 N–H and O–H groups in total. The van der Waals surface area contributed by atoms with Crippen molar-refractivity contribution in [3.8, 4) is 11.4 Å². The molecule has 1 heterocycles. The minimum Gasteiger partial charge on any atom is -0.329 e. The van der Waals surface area contributed by atoms with E-state index in [4.69, 9.17) is 0 Å². The van der Waals surface area contributed by atoms with Crippen LogP contribution in [0, 0.1) is 0 Å². The molecule has 0 aliphatic heterocycles. The Morgan fingerprint density at radius 3 is 2.27 bits per heavy atom. The molecule has 2 rings (SSSR count). The molecular weight excluding hydrogens is 323 g/mol. The van der Waals surface area contributed by atoms with Crippen LogP contribution in [0.3, 0.4) is 0 Å². The molecule has 0 spiro atoms. The first-order valence-electron chi connectivity index (χ1n) is 6.05. The van der Waals surface area contributed by atoms with Gasteiger partial charge in [-0.05, 0) is 12.5 Å². The molecule has 1 aromatic heterocycles. The Bertz CT molecular complexity index is 754. The third-order valence-electron chi connectivity index (χ3n) is 2.73. The quantitative estimate of drug-likeness (QED) is 0.927. The number of hydrogen-bond acceptors (Lipinski definition) is 5. The molecule has 1 aromatic carbocycles. The topological polar surface area (TPSA) is 85.1 Å². The van der Waals surface area contributed by atoms with Crippen LogP contribution in [0.15, 0.2) is 28.8 Å². The van der Waals surface area contributed by atoms with Crippen LogP contribution in [-0.4, -0.2) is 24.8 Å². The van der Waals surface area contributed by atoms with E-state index in [-0.39, 0.29) is 5.82 Å². The van der Waals surface area contributed by atoms with Gasteiger partial charge in [-0.3, -0.25) is 0 Å². The van der Waals surface area contributed by atoms with Crippen molar-refractivity contribution in [1.82, 2.24) is 14.9 Å². The van der Waals surface area contributed by atoms with E-state index in [0.29, 0.717) is 11.1 Å². The van der Waals surface area contributed by atoms with E-state index >= 15 is 0 Å². The lowest BCUT2D eigenvalue weighted by molar-refractivity contribution is -0.159. The number of sulfonamides is 1. The van der Waals surface area contributed by atoms with Crippen molar-refractivity contribution in [2.75, 3.05) is 6.26 Å². The molecule has 1 unspecified atom stereocenters. The highest BCUT2D eigenvalue weighted by molar-refractivity contribution is 7.88. The largest absolute Gasteiger partial charge is 0.471 e. The molecule has 0 amide bonds. The van der Waals surface area contributed by atoms with Gasteiger partial charge in [0.05, 0.1) is 6.26 Å². The molecule has 0 bridgehead atoms. The number of nitrogens with zero attached hydrogens (tertiary/aromatic N) is 2. The van der Waals surface area contributed by atoms with Crippen molar-refractivity contribution >= 4 is 10.0 Å². The van der Waals surface area contributed by atoms with Gasteiger partial charge in [-0.2, -0.15) is 18.2 Å². The van der Waals surface area contributed by atoms with Crippen LogP contribution >= 0.6 is 0 Å². The Morgan fingerprint density at radius 1 is 1.23 bits per heavy atom. The predicted molar refractivity (Wildman–Crippen MR) is 71.1 cm³/mol. The Morgan fingerprint density at radius 2 is 1.82 bits per heavy atom. The molecule has 0 aliphatic carbocycles. The minimum atomic E-state index is -4.70. The van der Waals surface area contributed by atoms with Gasteiger partial charge < -0.3 is 4.52 Å². The lowest BCUT2D eigenvalue weighted by Crippen LogP contribution is -2.25. The van der Waals surface area contributed by atoms with Gasteiger partial charge in [-0.25, -0.2) is 13.1 Å².